The number of nitrogens with one attached hydrogen (secondary N) is 3. The summed E-state index contributed by atoms with van der Waals surface area (Å²) in [6.45, 7) is 1.47. The highest BCUT2D eigenvalue weighted by atomic mass is 35.5. The third-order valence-corrected chi connectivity index (χ3v) is 5.33. The van der Waals surface area contributed by atoms with Crippen molar-refractivity contribution in [3.05, 3.63) is 29.3 Å². The molecule has 0 heterocycles. The number of carbonyl (C=O) groups excluding carboxylic acids is 2. The van der Waals surface area contributed by atoms with Crippen LogP contribution in [0.3, 0.4) is 0 Å². The van der Waals surface area contributed by atoms with E-state index in [1.54, 1.807) is 31.4 Å². The van der Waals surface area contributed by atoms with Crippen LogP contribution >= 0.6 is 11.6 Å². The van der Waals surface area contributed by atoms with Crippen LogP contribution in [-0.2, 0) is 14.3 Å². The summed E-state index contributed by atoms with van der Waals surface area (Å²) in [6, 6.07) is 7.13. The van der Waals surface area contributed by atoms with E-state index in [1.807, 2.05) is 0 Å². The van der Waals surface area contributed by atoms with Crippen molar-refractivity contribution in [2.24, 2.45) is 11.8 Å². The first-order valence-electron chi connectivity index (χ1n) is 9.23. The van der Waals surface area contributed by atoms with Crippen LogP contribution in [0.5, 0.6) is 5.75 Å². The topological polar surface area (TPSA) is 88.7 Å². The first kappa shape index (κ1) is 19.9. The van der Waals surface area contributed by atoms with E-state index in [2.05, 4.69) is 16.0 Å². The molecule has 0 aromatic heterocycles. The van der Waals surface area contributed by atoms with Crippen molar-refractivity contribution in [2.75, 3.05) is 33.4 Å². The Labute approximate surface area is 164 Å². The number of carbonyl (C=O) groups is 2. The molecule has 2 amide bonds. The summed E-state index contributed by atoms with van der Waals surface area (Å²) in [5, 5.41) is 9.78. The Kier molecular flexibility index (Phi) is 6.93. The van der Waals surface area contributed by atoms with Crippen LogP contribution in [0.2, 0.25) is 5.02 Å². The van der Waals surface area contributed by atoms with Crippen molar-refractivity contribution < 1.29 is 19.1 Å². The van der Waals surface area contributed by atoms with Gasteiger partial charge in [-0.25, -0.2) is 0 Å². The van der Waals surface area contributed by atoms with Crippen LogP contribution in [-0.4, -0.2) is 57.3 Å². The van der Waals surface area contributed by atoms with Crippen LogP contribution in [0.25, 0.3) is 0 Å². The van der Waals surface area contributed by atoms with Gasteiger partial charge in [0.15, 0.2) is 6.61 Å². The zero-order valence-corrected chi connectivity index (χ0v) is 16.1. The first-order chi connectivity index (χ1) is 13.1. The maximum atomic E-state index is 12.2. The van der Waals surface area contributed by atoms with Gasteiger partial charge in [-0.05, 0) is 48.9 Å². The van der Waals surface area contributed by atoms with E-state index in [0.29, 0.717) is 35.8 Å². The van der Waals surface area contributed by atoms with Gasteiger partial charge in [-0.15, -0.1) is 0 Å². The second-order valence-electron chi connectivity index (χ2n) is 7.06. The number of hydrogen-bond acceptors (Lipinski definition) is 5. The molecule has 2 fully saturated rings. The summed E-state index contributed by atoms with van der Waals surface area (Å²) in [5.74, 6) is 1.37. The number of benzene rings is 1. The molecule has 0 aliphatic heterocycles. The Morgan fingerprint density at radius 2 is 1.74 bits per heavy atom. The second kappa shape index (κ2) is 9.39. The summed E-state index contributed by atoms with van der Waals surface area (Å²) in [7, 11) is 1.63. The summed E-state index contributed by atoms with van der Waals surface area (Å²) in [5.41, 5.74) is 0. The minimum atomic E-state index is -0.145. The van der Waals surface area contributed by atoms with Gasteiger partial charge < -0.3 is 25.4 Å². The molecule has 3 unspecified atom stereocenters. The summed E-state index contributed by atoms with van der Waals surface area (Å²) in [6.07, 6.45) is 1.82. The molecule has 2 aliphatic rings. The fourth-order valence-electron chi connectivity index (χ4n) is 3.68. The molecule has 8 heteroatoms. The molecule has 148 valence electrons. The fourth-order valence-corrected chi connectivity index (χ4v) is 3.80. The predicted molar refractivity (Wildman–Crippen MR) is 102 cm³/mol. The number of methoxy groups -OCH3 is 1. The van der Waals surface area contributed by atoms with Crippen molar-refractivity contribution in [1.82, 2.24) is 16.0 Å². The summed E-state index contributed by atoms with van der Waals surface area (Å²) >= 11 is 5.83. The van der Waals surface area contributed by atoms with Gasteiger partial charge in [0, 0.05) is 30.8 Å². The smallest absolute Gasteiger partial charge is 0.258 e. The number of rotatable bonds is 10. The molecule has 2 saturated carbocycles. The van der Waals surface area contributed by atoms with E-state index in [9.17, 15) is 9.59 Å². The van der Waals surface area contributed by atoms with Crippen LogP contribution < -0.4 is 20.7 Å². The zero-order chi connectivity index (χ0) is 19.2. The van der Waals surface area contributed by atoms with Crippen molar-refractivity contribution in [2.45, 2.75) is 24.9 Å². The number of ether oxygens (including phenoxy) is 2. The highest BCUT2D eigenvalue weighted by Gasteiger charge is 2.55. The van der Waals surface area contributed by atoms with E-state index < -0.39 is 0 Å². The lowest BCUT2D eigenvalue weighted by atomic mass is 10.1. The molecule has 1 aromatic carbocycles. The Hall–Kier alpha value is -1.83. The Balaban J connectivity index is 1.36. The van der Waals surface area contributed by atoms with Gasteiger partial charge in [0.2, 0.25) is 5.91 Å². The van der Waals surface area contributed by atoms with Crippen LogP contribution in [0.4, 0.5) is 0 Å². The summed E-state index contributed by atoms with van der Waals surface area (Å²) in [4.78, 5) is 24.2. The number of amides is 2. The molecule has 1 aromatic rings. The molecule has 3 rings (SSSR count). The average Bonchev–Trinajstić information content (AvgIpc) is 3.38. The molecule has 3 N–H and O–H groups in total. The van der Waals surface area contributed by atoms with Gasteiger partial charge in [0.25, 0.3) is 5.91 Å². The number of hydrogen-bond donors (Lipinski definition) is 3. The quantitative estimate of drug-likeness (QED) is 0.514. The molecular formula is C19H26ClN3O4. The first-order valence-corrected chi connectivity index (χ1v) is 9.61. The minimum absolute atomic E-state index is 0.0141. The average molecular weight is 396 g/mol. The molecule has 27 heavy (non-hydrogen) atoms. The van der Waals surface area contributed by atoms with Gasteiger partial charge in [-0.1, -0.05) is 11.6 Å². The minimum Gasteiger partial charge on any atom is -0.484 e. The summed E-state index contributed by atoms with van der Waals surface area (Å²) < 4.78 is 10.4. The molecule has 4 atom stereocenters. The van der Waals surface area contributed by atoms with Crippen molar-refractivity contribution >= 4 is 23.4 Å². The Bertz CT molecular complexity index is 655. The fraction of sp³-hybridized carbons (Fsp3) is 0.579. The lowest BCUT2D eigenvalue weighted by Crippen LogP contribution is -2.44. The highest BCUT2D eigenvalue weighted by molar-refractivity contribution is 6.30. The molecular weight excluding hydrogens is 370 g/mol. The van der Waals surface area contributed by atoms with Gasteiger partial charge in [0.1, 0.15) is 5.75 Å². The van der Waals surface area contributed by atoms with Crippen molar-refractivity contribution in [1.29, 1.82) is 0 Å². The maximum absolute atomic E-state index is 12.2. The third kappa shape index (κ3) is 5.82. The van der Waals surface area contributed by atoms with E-state index in [4.69, 9.17) is 21.1 Å². The van der Waals surface area contributed by atoms with Gasteiger partial charge in [0.05, 0.1) is 13.2 Å². The molecule has 0 bridgehead atoms. The largest absolute Gasteiger partial charge is 0.484 e. The normalized spacial score (nSPS) is 25.6. The monoisotopic (exact) mass is 395 g/mol. The van der Waals surface area contributed by atoms with E-state index in [0.717, 1.165) is 12.8 Å². The second-order valence-corrected chi connectivity index (χ2v) is 7.50. The molecule has 2 aliphatic carbocycles. The lowest BCUT2D eigenvalue weighted by molar-refractivity contribution is -0.123. The molecule has 7 nitrogen and oxygen atoms in total. The van der Waals surface area contributed by atoms with Gasteiger partial charge >= 0.3 is 0 Å². The molecule has 0 spiro atoms. The molecule has 0 radical (unpaired) electrons. The van der Waals surface area contributed by atoms with E-state index >= 15 is 0 Å². The van der Waals surface area contributed by atoms with Crippen LogP contribution in [0, 0.1) is 11.8 Å². The lowest BCUT2D eigenvalue weighted by Gasteiger charge is -2.19. The predicted octanol–water partition coefficient (Wildman–Crippen LogP) is 0.964. The van der Waals surface area contributed by atoms with E-state index in [1.165, 1.54) is 0 Å². The van der Waals surface area contributed by atoms with E-state index in [-0.39, 0.29) is 37.0 Å². The van der Waals surface area contributed by atoms with Gasteiger partial charge in [-0.2, -0.15) is 0 Å². The molecule has 0 saturated heterocycles. The Morgan fingerprint density at radius 3 is 2.41 bits per heavy atom. The van der Waals surface area contributed by atoms with Gasteiger partial charge in [-0.3, -0.25) is 9.59 Å². The zero-order valence-electron chi connectivity index (χ0n) is 15.4. The Morgan fingerprint density at radius 1 is 1.07 bits per heavy atom. The highest BCUT2D eigenvalue weighted by Crippen LogP contribution is 2.51. The SMILES string of the molecule is COCCNCC(=O)N[C@H]1CC(NC(=O)COc2ccc(Cl)cc2)C2CC21. The van der Waals surface area contributed by atoms with Crippen LogP contribution in [0.15, 0.2) is 24.3 Å². The number of fused-ring (bicyclic) bond motifs is 1. The van der Waals surface area contributed by atoms with Crippen molar-refractivity contribution in [3.8, 4) is 5.75 Å². The van der Waals surface area contributed by atoms with Crippen LogP contribution in [0.1, 0.15) is 12.8 Å². The third-order valence-electron chi connectivity index (χ3n) is 5.08. The number of halogens is 1. The maximum Gasteiger partial charge on any atom is 0.258 e. The standard InChI is InChI=1S/C19H26ClN3O4/c1-26-7-6-21-10-18(24)22-16-9-17(15-8-14(15)16)23-19(25)11-27-13-4-2-12(20)3-5-13/h2-5,14-17,21H,6-11H2,1H3,(H,22,24)(H,23,25)/t14?,15?,16-,17?/m0/s1. The van der Waals surface area contributed by atoms with Crippen molar-refractivity contribution in [3.63, 3.8) is 0 Å².